The number of aliphatic imine (C=N–C) groups is 1. The van der Waals surface area contributed by atoms with Crippen molar-refractivity contribution in [1.29, 1.82) is 0 Å². The lowest BCUT2D eigenvalue weighted by molar-refractivity contribution is 0.369. The zero-order valence-corrected chi connectivity index (χ0v) is 20.1. The minimum atomic E-state index is 0. The Morgan fingerprint density at radius 1 is 1.31 bits per heavy atom. The molecule has 160 valence electrons. The van der Waals surface area contributed by atoms with E-state index in [1.807, 2.05) is 0 Å². The van der Waals surface area contributed by atoms with Crippen molar-refractivity contribution < 1.29 is 4.52 Å². The highest BCUT2D eigenvalue weighted by Crippen LogP contribution is 2.21. The fourth-order valence-electron chi connectivity index (χ4n) is 3.58. The van der Waals surface area contributed by atoms with Gasteiger partial charge in [-0.05, 0) is 37.7 Å². The molecule has 29 heavy (non-hydrogen) atoms. The van der Waals surface area contributed by atoms with E-state index in [2.05, 4.69) is 71.5 Å². The van der Waals surface area contributed by atoms with Crippen molar-refractivity contribution in [3.05, 3.63) is 47.6 Å². The second-order valence-electron chi connectivity index (χ2n) is 7.83. The molecule has 1 aromatic heterocycles. The van der Waals surface area contributed by atoms with Crippen LogP contribution in [0.5, 0.6) is 0 Å². The van der Waals surface area contributed by atoms with Gasteiger partial charge in [0.05, 0.1) is 0 Å². The van der Waals surface area contributed by atoms with Gasteiger partial charge in [-0.25, -0.2) is 0 Å². The van der Waals surface area contributed by atoms with Crippen LogP contribution in [-0.4, -0.2) is 47.2 Å². The third-order valence-corrected chi connectivity index (χ3v) is 5.10. The topological polar surface area (TPSA) is 66.5 Å². The lowest BCUT2D eigenvalue weighted by Gasteiger charge is -2.21. The molecule has 6 nitrogen and oxygen atoms in total. The Morgan fingerprint density at radius 2 is 2.10 bits per heavy atom. The van der Waals surface area contributed by atoms with Gasteiger partial charge in [0.25, 0.3) is 0 Å². The Balaban J connectivity index is 0.00000300. The molecule has 2 aromatic rings. The third-order valence-electron chi connectivity index (χ3n) is 5.10. The molecule has 7 heteroatoms. The number of likely N-dealkylation sites (tertiary alicyclic amines) is 1. The highest BCUT2D eigenvalue weighted by Gasteiger charge is 2.24. The maximum Gasteiger partial charge on any atom is 0.226 e. The highest BCUT2D eigenvalue weighted by molar-refractivity contribution is 14.0. The predicted molar refractivity (Wildman–Crippen MR) is 128 cm³/mol. The van der Waals surface area contributed by atoms with Gasteiger partial charge in [-0.1, -0.05) is 49.3 Å². The van der Waals surface area contributed by atoms with E-state index in [1.54, 1.807) is 0 Å². The molecule has 0 amide bonds. The van der Waals surface area contributed by atoms with Gasteiger partial charge in [0.2, 0.25) is 5.89 Å². The number of rotatable bonds is 8. The zero-order chi connectivity index (χ0) is 19.8. The summed E-state index contributed by atoms with van der Waals surface area (Å²) in [7, 11) is 0. The largest absolute Gasteiger partial charge is 0.357 e. The Labute approximate surface area is 191 Å². The molecule has 1 unspecified atom stereocenters. The zero-order valence-electron chi connectivity index (χ0n) is 17.8. The summed E-state index contributed by atoms with van der Waals surface area (Å²) in [6.07, 6.45) is 4.06. The van der Waals surface area contributed by atoms with Crippen LogP contribution in [0.25, 0.3) is 0 Å². The number of nitrogens with zero attached hydrogens (tertiary/aromatic N) is 4. The summed E-state index contributed by atoms with van der Waals surface area (Å²) in [4.78, 5) is 11.7. The molecule has 1 fully saturated rings. The predicted octanol–water partition coefficient (Wildman–Crippen LogP) is 4.27. The molecule has 0 bridgehead atoms. The molecule has 3 rings (SSSR count). The molecule has 1 aromatic carbocycles. The molecular weight excluding hydrogens is 477 g/mol. The summed E-state index contributed by atoms with van der Waals surface area (Å²) in [6.45, 7) is 10.1. The van der Waals surface area contributed by atoms with Gasteiger partial charge in [0.1, 0.15) is 0 Å². The highest BCUT2D eigenvalue weighted by atomic mass is 127. The van der Waals surface area contributed by atoms with Gasteiger partial charge in [-0.2, -0.15) is 4.98 Å². The monoisotopic (exact) mass is 511 g/mol. The molecule has 1 atom stereocenters. The summed E-state index contributed by atoms with van der Waals surface area (Å²) in [5, 5.41) is 7.47. The van der Waals surface area contributed by atoms with Gasteiger partial charge in [0.15, 0.2) is 11.8 Å². The standard InChI is InChI=1S/C22H33N5O.HI/c1-4-23-22(24-13-8-11-20-25-21(17(2)3)26-28-20)27-14-12-19(16-27)15-18-9-6-5-7-10-18;/h5-7,9-10,17,19H,4,8,11-16H2,1-3H3,(H,23,24);1H. The van der Waals surface area contributed by atoms with Crippen LogP contribution in [0.15, 0.2) is 39.8 Å². The van der Waals surface area contributed by atoms with Crippen molar-refractivity contribution in [3.8, 4) is 0 Å². The van der Waals surface area contributed by atoms with Gasteiger partial charge in [-0.3, -0.25) is 4.99 Å². The summed E-state index contributed by atoms with van der Waals surface area (Å²) >= 11 is 0. The number of aryl methyl sites for hydroxylation is 1. The van der Waals surface area contributed by atoms with E-state index in [0.717, 1.165) is 57.2 Å². The minimum Gasteiger partial charge on any atom is -0.357 e. The Hall–Kier alpha value is -1.64. The minimum absolute atomic E-state index is 0. The lowest BCUT2D eigenvalue weighted by Crippen LogP contribution is -2.40. The number of nitrogens with one attached hydrogen (secondary N) is 1. The van der Waals surface area contributed by atoms with E-state index in [9.17, 15) is 0 Å². The Bertz CT molecular complexity index is 747. The Morgan fingerprint density at radius 3 is 2.79 bits per heavy atom. The van der Waals surface area contributed by atoms with Crippen LogP contribution in [0, 0.1) is 5.92 Å². The molecule has 0 aliphatic carbocycles. The first-order chi connectivity index (χ1) is 13.7. The molecule has 0 saturated carbocycles. The summed E-state index contributed by atoms with van der Waals surface area (Å²) in [5.41, 5.74) is 1.43. The molecule has 0 radical (unpaired) electrons. The molecule has 1 aliphatic heterocycles. The van der Waals surface area contributed by atoms with Gasteiger partial charge in [-0.15, -0.1) is 24.0 Å². The number of benzene rings is 1. The van der Waals surface area contributed by atoms with Gasteiger partial charge >= 0.3 is 0 Å². The average Bonchev–Trinajstić information content (AvgIpc) is 3.35. The SMILES string of the molecule is CCNC(=NCCCc1nc(C(C)C)no1)N1CCC(Cc2ccccc2)C1.I. The number of halogens is 1. The van der Waals surface area contributed by atoms with E-state index in [1.165, 1.54) is 12.0 Å². The number of hydrogen-bond acceptors (Lipinski definition) is 4. The molecular formula is C22H34IN5O. The van der Waals surface area contributed by atoms with Crippen molar-refractivity contribution >= 4 is 29.9 Å². The number of hydrogen-bond donors (Lipinski definition) is 1. The maximum atomic E-state index is 5.32. The fourth-order valence-corrected chi connectivity index (χ4v) is 3.58. The maximum absolute atomic E-state index is 5.32. The van der Waals surface area contributed by atoms with E-state index in [-0.39, 0.29) is 24.0 Å². The van der Waals surface area contributed by atoms with Crippen molar-refractivity contribution in [3.63, 3.8) is 0 Å². The van der Waals surface area contributed by atoms with Crippen LogP contribution < -0.4 is 5.32 Å². The molecule has 0 spiro atoms. The lowest BCUT2D eigenvalue weighted by atomic mass is 9.99. The van der Waals surface area contributed by atoms with Crippen molar-refractivity contribution in [2.24, 2.45) is 10.9 Å². The second kappa shape index (κ2) is 12.1. The second-order valence-corrected chi connectivity index (χ2v) is 7.83. The summed E-state index contributed by atoms with van der Waals surface area (Å²) < 4.78 is 5.32. The number of guanidine groups is 1. The molecule has 1 N–H and O–H groups in total. The van der Waals surface area contributed by atoms with Gasteiger partial charge in [0, 0.05) is 38.5 Å². The smallest absolute Gasteiger partial charge is 0.226 e. The van der Waals surface area contributed by atoms with Crippen molar-refractivity contribution in [2.75, 3.05) is 26.2 Å². The van der Waals surface area contributed by atoms with E-state index < -0.39 is 0 Å². The molecule has 1 saturated heterocycles. The third kappa shape index (κ3) is 7.28. The summed E-state index contributed by atoms with van der Waals surface area (Å²) in [6, 6.07) is 10.8. The van der Waals surface area contributed by atoms with E-state index >= 15 is 0 Å². The average molecular weight is 511 g/mol. The van der Waals surface area contributed by atoms with Crippen molar-refractivity contribution in [1.82, 2.24) is 20.4 Å². The van der Waals surface area contributed by atoms with Crippen LogP contribution >= 0.6 is 24.0 Å². The molecule has 2 heterocycles. The van der Waals surface area contributed by atoms with E-state index in [0.29, 0.717) is 17.7 Å². The first-order valence-corrected chi connectivity index (χ1v) is 10.5. The first-order valence-electron chi connectivity index (χ1n) is 10.5. The fraction of sp³-hybridized carbons (Fsp3) is 0.591. The van der Waals surface area contributed by atoms with Crippen LogP contribution in [0.3, 0.4) is 0 Å². The van der Waals surface area contributed by atoms with Crippen LogP contribution in [0.2, 0.25) is 0 Å². The van der Waals surface area contributed by atoms with Gasteiger partial charge < -0.3 is 14.7 Å². The van der Waals surface area contributed by atoms with E-state index in [4.69, 9.17) is 9.52 Å². The summed E-state index contributed by atoms with van der Waals surface area (Å²) in [5.74, 6) is 3.53. The van der Waals surface area contributed by atoms with Crippen LogP contribution in [-0.2, 0) is 12.8 Å². The number of aromatic nitrogens is 2. The normalized spacial score (nSPS) is 16.9. The van der Waals surface area contributed by atoms with Crippen LogP contribution in [0.4, 0.5) is 0 Å². The van der Waals surface area contributed by atoms with Crippen molar-refractivity contribution in [2.45, 2.75) is 52.4 Å². The Kier molecular flexibility index (Phi) is 9.90. The first kappa shape index (κ1) is 23.6. The quantitative estimate of drug-likeness (QED) is 0.248. The molecule has 1 aliphatic rings. The van der Waals surface area contributed by atoms with Crippen LogP contribution in [0.1, 0.15) is 56.8 Å².